The van der Waals surface area contributed by atoms with Crippen molar-refractivity contribution in [3.05, 3.63) is 65.2 Å². The quantitative estimate of drug-likeness (QED) is 0.196. The van der Waals surface area contributed by atoms with E-state index in [-0.39, 0.29) is 24.0 Å². The van der Waals surface area contributed by atoms with E-state index in [9.17, 15) is 34.0 Å². The van der Waals surface area contributed by atoms with Gasteiger partial charge in [0, 0.05) is 36.4 Å². The van der Waals surface area contributed by atoms with Crippen molar-refractivity contribution in [3.8, 4) is 0 Å². The molecule has 0 radical (unpaired) electrons. The Bertz CT molecular complexity index is 1430. The predicted octanol–water partition coefficient (Wildman–Crippen LogP) is -0.928. The molecule has 2 aliphatic rings. The van der Waals surface area contributed by atoms with Crippen LogP contribution in [0.2, 0.25) is 0 Å². The summed E-state index contributed by atoms with van der Waals surface area (Å²) in [6.07, 6.45) is -3.22. The molecule has 2 aliphatic heterocycles. The van der Waals surface area contributed by atoms with Gasteiger partial charge in [-0.25, -0.2) is 14.2 Å². The van der Waals surface area contributed by atoms with Crippen LogP contribution in [-0.4, -0.2) is 66.9 Å². The Balaban J connectivity index is 1.39. The number of aromatic amines is 2. The monoisotopic (exact) mass is 562 g/mol. The number of aliphatic hydroxyl groups is 2. The van der Waals surface area contributed by atoms with Gasteiger partial charge in [0.25, 0.3) is 11.1 Å². The van der Waals surface area contributed by atoms with Crippen LogP contribution < -0.4 is 22.5 Å². The van der Waals surface area contributed by atoms with Gasteiger partial charge in [-0.3, -0.25) is 37.7 Å². The van der Waals surface area contributed by atoms with Gasteiger partial charge in [-0.05, 0) is 13.8 Å². The Morgan fingerprint density at radius 3 is 2.05 bits per heavy atom. The van der Waals surface area contributed by atoms with Crippen LogP contribution in [0.5, 0.6) is 0 Å². The minimum atomic E-state index is -4.08. The number of ether oxygens (including phenoxy) is 2. The molecule has 2 unspecified atom stereocenters. The number of aryl methyl sites for hydroxylation is 2. The normalized spacial score (nSPS) is 29.4. The fourth-order valence-corrected chi connectivity index (χ4v) is 5.67. The third-order valence-corrected chi connectivity index (χ3v) is 7.79. The molecule has 2 aromatic heterocycles. The van der Waals surface area contributed by atoms with Gasteiger partial charge in [0.1, 0.15) is 30.8 Å². The van der Waals surface area contributed by atoms with Crippen LogP contribution in [0.15, 0.2) is 31.6 Å². The second-order valence-corrected chi connectivity index (χ2v) is 11.7. The highest BCUT2D eigenvalue weighted by Gasteiger charge is 2.42. The molecule has 0 spiro atoms. The van der Waals surface area contributed by atoms with Crippen LogP contribution in [0.3, 0.4) is 0 Å². The van der Waals surface area contributed by atoms with E-state index in [1.807, 2.05) is 0 Å². The lowest BCUT2D eigenvalue weighted by molar-refractivity contribution is -0.0510. The van der Waals surface area contributed by atoms with Gasteiger partial charge in [0.05, 0.1) is 19.3 Å². The topological polar surface area (TPSA) is 204 Å². The van der Waals surface area contributed by atoms with Crippen molar-refractivity contribution in [1.29, 1.82) is 0 Å². The Labute approximate surface area is 213 Å². The third kappa shape index (κ3) is 6.07. The van der Waals surface area contributed by atoms with Gasteiger partial charge >= 0.3 is 18.2 Å². The average molecular weight is 562 g/mol. The van der Waals surface area contributed by atoms with E-state index in [0.717, 1.165) is 9.13 Å². The molecular formula is C20H27N4O11PS. The van der Waals surface area contributed by atoms with E-state index in [4.69, 9.17) is 18.5 Å². The highest BCUT2D eigenvalue weighted by molar-refractivity contribution is 8.44. The van der Waals surface area contributed by atoms with Crippen molar-refractivity contribution in [2.24, 2.45) is 0 Å². The molecule has 15 nitrogen and oxygen atoms in total. The van der Waals surface area contributed by atoms with E-state index in [1.54, 1.807) is 0 Å². The SMILES string of the molecule is Cc1cn([C@H]2C[C@@H](O)C(CO[P@](=O)(S)O[C@@H]3C[C@H](n4cc(C)c(=O)[nH]c4=O)OC3CO)O2)c(=O)[nH]c1=O. The average Bonchev–Trinajstić information content (AvgIpc) is 3.39. The number of nitrogens with zero attached hydrogens (tertiary/aromatic N) is 2. The molecule has 0 bridgehead atoms. The summed E-state index contributed by atoms with van der Waals surface area (Å²) in [5.41, 5.74) is -1.96. The second-order valence-electron chi connectivity index (χ2n) is 8.85. The lowest BCUT2D eigenvalue weighted by Crippen LogP contribution is -2.33. The zero-order valence-corrected chi connectivity index (χ0v) is 21.6. The first-order valence-electron chi connectivity index (χ1n) is 11.3. The summed E-state index contributed by atoms with van der Waals surface area (Å²) < 4.78 is 37.3. The summed E-state index contributed by atoms with van der Waals surface area (Å²) in [5, 5.41) is 20.1. The number of hydrogen-bond donors (Lipinski definition) is 5. The first kappa shape index (κ1) is 27.7. The molecule has 2 saturated heterocycles. The molecule has 0 amide bonds. The maximum absolute atomic E-state index is 12.9. The van der Waals surface area contributed by atoms with Gasteiger partial charge in [0.15, 0.2) is 0 Å². The fraction of sp³-hybridized carbons (Fsp3) is 0.600. The Morgan fingerprint density at radius 1 is 1.00 bits per heavy atom. The number of H-pyrrole nitrogens is 2. The molecule has 37 heavy (non-hydrogen) atoms. The van der Waals surface area contributed by atoms with E-state index >= 15 is 0 Å². The number of thiol groups is 1. The van der Waals surface area contributed by atoms with Gasteiger partial charge < -0.3 is 19.7 Å². The molecule has 7 atom stereocenters. The van der Waals surface area contributed by atoms with E-state index in [1.165, 1.54) is 26.2 Å². The van der Waals surface area contributed by atoms with Gasteiger partial charge in [-0.15, -0.1) is 0 Å². The number of aromatic nitrogens is 4. The van der Waals surface area contributed by atoms with E-state index < -0.39 is 79.4 Å². The van der Waals surface area contributed by atoms with Crippen LogP contribution in [0.25, 0.3) is 0 Å². The van der Waals surface area contributed by atoms with Crippen LogP contribution in [0.1, 0.15) is 36.4 Å². The molecule has 2 aromatic rings. The lowest BCUT2D eigenvalue weighted by Gasteiger charge is -2.22. The van der Waals surface area contributed by atoms with Gasteiger partial charge in [-0.1, -0.05) is 12.2 Å². The molecular weight excluding hydrogens is 535 g/mol. The minimum absolute atomic E-state index is 0.00914. The van der Waals surface area contributed by atoms with Crippen molar-refractivity contribution in [1.82, 2.24) is 19.1 Å². The van der Waals surface area contributed by atoms with Gasteiger partial charge in [-0.2, -0.15) is 0 Å². The Morgan fingerprint density at radius 2 is 1.51 bits per heavy atom. The predicted molar refractivity (Wildman–Crippen MR) is 130 cm³/mol. The first-order chi connectivity index (χ1) is 17.4. The molecule has 0 saturated carbocycles. The maximum Gasteiger partial charge on any atom is 0.386 e. The van der Waals surface area contributed by atoms with Crippen molar-refractivity contribution in [2.75, 3.05) is 13.2 Å². The van der Waals surface area contributed by atoms with Gasteiger partial charge in [0.2, 0.25) is 0 Å². The zero-order valence-electron chi connectivity index (χ0n) is 19.8. The molecule has 17 heteroatoms. The van der Waals surface area contributed by atoms with Crippen LogP contribution >= 0.6 is 19.0 Å². The summed E-state index contributed by atoms with van der Waals surface area (Å²) in [6.45, 7) is -1.99. The zero-order chi connectivity index (χ0) is 27.1. The maximum atomic E-state index is 12.9. The highest BCUT2D eigenvalue weighted by Crippen LogP contribution is 2.56. The van der Waals surface area contributed by atoms with Crippen molar-refractivity contribution in [2.45, 2.75) is 63.6 Å². The standard InChI is InChI=1S/C20H27N4O11PS/c1-9-5-23(19(29)21-17(9)27)15-3-11(26)14(34-15)8-32-36(31,37)35-12-4-16(33-13(12)7-25)24-6-10(2)18(28)22-20(24)30/h5-6,11-16,25-26H,3-4,7-8H2,1-2H3,(H,31,37)(H,21,27,29)(H,22,28,30)/t11-,12-,13?,14?,15-,16-,36+/m1/s1. The van der Waals surface area contributed by atoms with Crippen LogP contribution in [0.4, 0.5) is 0 Å². The second kappa shape index (κ2) is 10.8. The summed E-state index contributed by atoms with van der Waals surface area (Å²) in [7, 11) is 0. The van der Waals surface area contributed by atoms with Crippen LogP contribution in [-0.2, 0) is 23.1 Å². The number of rotatable bonds is 8. The van der Waals surface area contributed by atoms with E-state index in [2.05, 4.69) is 22.2 Å². The molecule has 2 fully saturated rings. The smallest absolute Gasteiger partial charge is 0.386 e. The molecule has 4 rings (SSSR count). The Kier molecular flexibility index (Phi) is 8.11. The van der Waals surface area contributed by atoms with Crippen molar-refractivity contribution in [3.63, 3.8) is 0 Å². The Hall–Kier alpha value is -2.30. The lowest BCUT2D eigenvalue weighted by atomic mass is 10.2. The van der Waals surface area contributed by atoms with Crippen molar-refractivity contribution < 1.29 is 33.3 Å². The highest BCUT2D eigenvalue weighted by atomic mass is 32.7. The summed E-state index contributed by atoms with van der Waals surface area (Å²) in [4.78, 5) is 51.8. The number of hydrogen-bond acceptors (Lipinski definition) is 11. The first-order valence-corrected chi connectivity index (χ1v) is 14.0. The number of aliphatic hydroxyl groups excluding tert-OH is 2. The molecule has 4 N–H and O–H groups in total. The number of nitrogens with one attached hydrogen (secondary N) is 2. The minimum Gasteiger partial charge on any atom is -0.394 e. The molecule has 0 aromatic carbocycles. The van der Waals surface area contributed by atoms with Crippen molar-refractivity contribution >= 4 is 19.0 Å². The van der Waals surface area contributed by atoms with E-state index in [0.29, 0.717) is 0 Å². The fourth-order valence-electron chi connectivity index (χ4n) is 4.15. The third-order valence-electron chi connectivity index (χ3n) is 6.15. The summed E-state index contributed by atoms with van der Waals surface area (Å²) in [6, 6.07) is 0. The molecule has 4 heterocycles. The molecule has 0 aliphatic carbocycles. The summed E-state index contributed by atoms with van der Waals surface area (Å²) >= 11 is 3.97. The molecule has 204 valence electrons. The largest absolute Gasteiger partial charge is 0.394 e. The summed E-state index contributed by atoms with van der Waals surface area (Å²) in [5.74, 6) is 0. The van der Waals surface area contributed by atoms with Crippen LogP contribution in [0, 0.1) is 13.8 Å².